The molecule has 1 N–H and O–H groups in total. The Morgan fingerprint density at radius 3 is 2.58 bits per heavy atom. The number of esters is 1. The van der Waals surface area contributed by atoms with Crippen molar-refractivity contribution in [2.24, 2.45) is 0 Å². The summed E-state index contributed by atoms with van der Waals surface area (Å²) in [6, 6.07) is 11.0. The van der Waals surface area contributed by atoms with Crippen LogP contribution in [0.15, 0.2) is 42.5 Å². The standard InChI is InChI=1S/C15H11FO3/c1-19-14(17)15(18)12-5-3-2-4-10(12)11-7-6-9(16)8-13(11)15/h2-8,18H,1H3. The van der Waals surface area contributed by atoms with Crippen LogP contribution in [0.2, 0.25) is 0 Å². The third-order valence-electron chi connectivity index (χ3n) is 3.46. The fraction of sp³-hybridized carbons (Fsp3) is 0.133. The van der Waals surface area contributed by atoms with E-state index in [1.165, 1.54) is 19.2 Å². The summed E-state index contributed by atoms with van der Waals surface area (Å²) in [6.07, 6.45) is 0. The number of benzene rings is 2. The van der Waals surface area contributed by atoms with Gasteiger partial charge in [-0.05, 0) is 23.3 Å². The van der Waals surface area contributed by atoms with Crippen LogP contribution in [0.25, 0.3) is 11.1 Å². The first-order chi connectivity index (χ1) is 9.09. The van der Waals surface area contributed by atoms with E-state index in [-0.39, 0.29) is 5.56 Å². The topological polar surface area (TPSA) is 46.5 Å². The number of methoxy groups -OCH3 is 1. The Hall–Kier alpha value is -2.20. The van der Waals surface area contributed by atoms with Crippen LogP contribution in [-0.2, 0) is 15.1 Å². The number of hydrogen-bond acceptors (Lipinski definition) is 3. The third-order valence-corrected chi connectivity index (χ3v) is 3.46. The maximum atomic E-state index is 13.4. The first kappa shape index (κ1) is 11.9. The summed E-state index contributed by atoms with van der Waals surface area (Å²) in [6.45, 7) is 0. The number of rotatable bonds is 1. The highest BCUT2D eigenvalue weighted by molar-refractivity contribution is 5.96. The molecular weight excluding hydrogens is 247 g/mol. The number of ether oxygens (including phenoxy) is 1. The van der Waals surface area contributed by atoms with E-state index in [0.29, 0.717) is 16.7 Å². The molecule has 1 atom stereocenters. The van der Waals surface area contributed by atoms with Gasteiger partial charge in [-0.1, -0.05) is 30.3 Å². The SMILES string of the molecule is COC(=O)C1(O)c2ccccc2-c2ccc(F)cc21. The van der Waals surface area contributed by atoms with E-state index < -0.39 is 17.4 Å². The average Bonchev–Trinajstić information content (AvgIpc) is 2.69. The summed E-state index contributed by atoms with van der Waals surface area (Å²) in [7, 11) is 1.19. The van der Waals surface area contributed by atoms with E-state index in [1.54, 1.807) is 30.3 Å². The zero-order valence-corrected chi connectivity index (χ0v) is 10.2. The van der Waals surface area contributed by atoms with Crippen LogP contribution in [0.5, 0.6) is 0 Å². The molecule has 0 saturated carbocycles. The molecule has 1 unspecified atom stereocenters. The first-order valence-corrected chi connectivity index (χ1v) is 5.79. The molecule has 2 aromatic rings. The Morgan fingerprint density at radius 1 is 1.16 bits per heavy atom. The van der Waals surface area contributed by atoms with E-state index in [0.717, 1.165) is 0 Å². The second-order valence-corrected chi connectivity index (χ2v) is 4.44. The van der Waals surface area contributed by atoms with Crippen LogP contribution >= 0.6 is 0 Å². The predicted octanol–water partition coefficient (Wildman–Crippen LogP) is 2.21. The van der Waals surface area contributed by atoms with Crippen LogP contribution in [0.4, 0.5) is 4.39 Å². The van der Waals surface area contributed by atoms with Gasteiger partial charge < -0.3 is 9.84 Å². The number of fused-ring (bicyclic) bond motifs is 3. The average molecular weight is 258 g/mol. The largest absolute Gasteiger partial charge is 0.466 e. The summed E-state index contributed by atoms with van der Waals surface area (Å²) in [4.78, 5) is 12.0. The van der Waals surface area contributed by atoms with Crippen LogP contribution in [0, 0.1) is 5.82 Å². The molecule has 0 bridgehead atoms. The van der Waals surface area contributed by atoms with Gasteiger partial charge in [0.05, 0.1) is 7.11 Å². The maximum absolute atomic E-state index is 13.4. The maximum Gasteiger partial charge on any atom is 0.347 e. The molecule has 0 saturated heterocycles. The van der Waals surface area contributed by atoms with Gasteiger partial charge in [0, 0.05) is 11.1 Å². The molecule has 2 aromatic carbocycles. The minimum Gasteiger partial charge on any atom is -0.466 e. The highest BCUT2D eigenvalue weighted by Gasteiger charge is 2.49. The molecule has 3 rings (SSSR count). The van der Waals surface area contributed by atoms with Gasteiger partial charge in [0.25, 0.3) is 0 Å². The molecule has 3 nitrogen and oxygen atoms in total. The van der Waals surface area contributed by atoms with E-state index in [9.17, 15) is 14.3 Å². The van der Waals surface area contributed by atoms with Gasteiger partial charge in [-0.15, -0.1) is 0 Å². The lowest BCUT2D eigenvalue weighted by Gasteiger charge is -2.22. The summed E-state index contributed by atoms with van der Waals surface area (Å²) in [5.41, 5.74) is 0.0567. The van der Waals surface area contributed by atoms with E-state index >= 15 is 0 Å². The van der Waals surface area contributed by atoms with Gasteiger partial charge in [-0.2, -0.15) is 0 Å². The number of carbonyl (C=O) groups excluding carboxylic acids is 1. The number of carbonyl (C=O) groups is 1. The molecular formula is C15H11FO3. The Labute approximate surface area is 109 Å². The van der Waals surface area contributed by atoms with Gasteiger partial charge in [-0.3, -0.25) is 0 Å². The molecule has 0 amide bonds. The van der Waals surface area contributed by atoms with E-state index in [1.807, 2.05) is 0 Å². The Morgan fingerprint density at radius 2 is 1.84 bits per heavy atom. The molecule has 0 heterocycles. The number of halogens is 1. The van der Waals surface area contributed by atoms with Crippen molar-refractivity contribution >= 4 is 5.97 Å². The minimum absolute atomic E-state index is 0.223. The van der Waals surface area contributed by atoms with Crippen molar-refractivity contribution in [1.29, 1.82) is 0 Å². The summed E-state index contributed by atoms with van der Waals surface area (Å²) >= 11 is 0. The van der Waals surface area contributed by atoms with E-state index in [2.05, 4.69) is 4.74 Å². The van der Waals surface area contributed by atoms with Gasteiger partial charge in [0.1, 0.15) is 5.82 Å². The number of aliphatic hydroxyl groups is 1. The Balaban J connectivity index is 2.38. The molecule has 0 spiro atoms. The van der Waals surface area contributed by atoms with Crippen molar-refractivity contribution in [3.05, 3.63) is 59.4 Å². The Kier molecular flexibility index (Phi) is 2.43. The fourth-order valence-corrected chi connectivity index (χ4v) is 2.60. The molecule has 0 aromatic heterocycles. The smallest absolute Gasteiger partial charge is 0.347 e. The zero-order valence-electron chi connectivity index (χ0n) is 10.2. The quantitative estimate of drug-likeness (QED) is 0.798. The molecule has 1 aliphatic rings. The van der Waals surface area contributed by atoms with E-state index in [4.69, 9.17) is 0 Å². The second-order valence-electron chi connectivity index (χ2n) is 4.44. The van der Waals surface area contributed by atoms with Crippen molar-refractivity contribution in [3.8, 4) is 11.1 Å². The number of hydrogen-bond donors (Lipinski definition) is 1. The van der Waals surface area contributed by atoms with Crippen LogP contribution in [-0.4, -0.2) is 18.2 Å². The van der Waals surface area contributed by atoms with Crippen molar-refractivity contribution in [2.45, 2.75) is 5.60 Å². The molecule has 0 aliphatic heterocycles. The molecule has 0 fully saturated rings. The highest BCUT2D eigenvalue weighted by Crippen LogP contribution is 2.48. The monoisotopic (exact) mass is 258 g/mol. The fourth-order valence-electron chi connectivity index (χ4n) is 2.60. The molecule has 1 aliphatic carbocycles. The second kappa shape index (κ2) is 3.90. The molecule has 0 radical (unpaired) electrons. The minimum atomic E-state index is -1.94. The lowest BCUT2D eigenvalue weighted by Crippen LogP contribution is -2.36. The van der Waals surface area contributed by atoms with Crippen molar-refractivity contribution in [1.82, 2.24) is 0 Å². The lowest BCUT2D eigenvalue weighted by atomic mass is 9.91. The highest BCUT2D eigenvalue weighted by atomic mass is 19.1. The van der Waals surface area contributed by atoms with Gasteiger partial charge in [-0.25, -0.2) is 9.18 Å². The van der Waals surface area contributed by atoms with Crippen molar-refractivity contribution in [2.75, 3.05) is 7.11 Å². The predicted molar refractivity (Wildman–Crippen MR) is 66.9 cm³/mol. The summed E-state index contributed by atoms with van der Waals surface area (Å²) in [5, 5.41) is 10.7. The van der Waals surface area contributed by atoms with Crippen LogP contribution < -0.4 is 0 Å². The zero-order chi connectivity index (χ0) is 13.6. The molecule has 96 valence electrons. The van der Waals surface area contributed by atoms with Gasteiger partial charge in [0.15, 0.2) is 0 Å². The van der Waals surface area contributed by atoms with Crippen molar-refractivity contribution < 1.29 is 19.0 Å². The lowest BCUT2D eigenvalue weighted by molar-refractivity contribution is -0.158. The normalized spacial score (nSPS) is 19.7. The summed E-state index contributed by atoms with van der Waals surface area (Å²) < 4.78 is 18.1. The first-order valence-electron chi connectivity index (χ1n) is 5.79. The molecule has 4 heteroatoms. The molecule has 19 heavy (non-hydrogen) atoms. The van der Waals surface area contributed by atoms with Crippen molar-refractivity contribution in [3.63, 3.8) is 0 Å². The van der Waals surface area contributed by atoms with Gasteiger partial charge >= 0.3 is 5.97 Å². The van der Waals surface area contributed by atoms with Gasteiger partial charge in [0.2, 0.25) is 5.60 Å². The Bertz CT molecular complexity index is 681. The van der Waals surface area contributed by atoms with Crippen LogP contribution in [0.1, 0.15) is 11.1 Å². The summed E-state index contributed by atoms with van der Waals surface area (Å²) in [5.74, 6) is -1.32. The van der Waals surface area contributed by atoms with Crippen LogP contribution in [0.3, 0.4) is 0 Å². The third kappa shape index (κ3) is 1.43.